The molecule has 1 saturated heterocycles. The van der Waals surface area contributed by atoms with E-state index in [1.165, 1.54) is 0 Å². The standard InChI is InChI=1S/C21H24N4O2/c1-14-23-19-8-3-4-9-20(19)25(14)13-21(26)24-11-17(18(22)12-24)15-6-5-7-16(10-15)27-2/h3-10,17-18H,11-13,22H2,1-2H3/t17-,18+/m1/s1. The van der Waals surface area contributed by atoms with Crippen molar-refractivity contribution in [3.63, 3.8) is 0 Å². The topological polar surface area (TPSA) is 73.4 Å². The van der Waals surface area contributed by atoms with Crippen LogP contribution in [0.25, 0.3) is 11.0 Å². The zero-order chi connectivity index (χ0) is 19.0. The van der Waals surface area contributed by atoms with E-state index in [0.29, 0.717) is 13.1 Å². The molecule has 1 fully saturated rings. The number of nitrogens with zero attached hydrogens (tertiary/aromatic N) is 3. The summed E-state index contributed by atoms with van der Waals surface area (Å²) >= 11 is 0. The number of carbonyl (C=O) groups is 1. The molecule has 1 aromatic heterocycles. The van der Waals surface area contributed by atoms with Gasteiger partial charge >= 0.3 is 0 Å². The number of likely N-dealkylation sites (tertiary alicyclic amines) is 1. The molecule has 0 bridgehead atoms. The molecule has 1 amide bonds. The highest BCUT2D eigenvalue weighted by atomic mass is 16.5. The summed E-state index contributed by atoms with van der Waals surface area (Å²) in [6.45, 7) is 3.40. The fraction of sp³-hybridized carbons (Fsp3) is 0.333. The first-order valence-corrected chi connectivity index (χ1v) is 9.16. The van der Waals surface area contributed by atoms with Crippen LogP contribution in [0.15, 0.2) is 48.5 Å². The van der Waals surface area contributed by atoms with Crippen molar-refractivity contribution in [2.24, 2.45) is 5.73 Å². The molecular formula is C21H24N4O2. The maximum Gasteiger partial charge on any atom is 0.242 e. The van der Waals surface area contributed by atoms with Gasteiger partial charge in [0.1, 0.15) is 18.1 Å². The van der Waals surface area contributed by atoms with Gasteiger partial charge in [0.2, 0.25) is 5.91 Å². The smallest absolute Gasteiger partial charge is 0.242 e. The zero-order valence-electron chi connectivity index (χ0n) is 15.6. The first kappa shape index (κ1) is 17.5. The Kier molecular flexibility index (Phi) is 4.58. The number of methoxy groups -OCH3 is 1. The number of carbonyl (C=O) groups excluding carboxylic acids is 1. The van der Waals surface area contributed by atoms with Crippen molar-refractivity contribution in [1.82, 2.24) is 14.5 Å². The van der Waals surface area contributed by atoms with Crippen molar-refractivity contribution >= 4 is 16.9 Å². The van der Waals surface area contributed by atoms with Crippen molar-refractivity contribution in [3.8, 4) is 5.75 Å². The van der Waals surface area contributed by atoms with Crippen LogP contribution in [0, 0.1) is 6.92 Å². The van der Waals surface area contributed by atoms with E-state index in [4.69, 9.17) is 10.5 Å². The second-order valence-corrected chi connectivity index (χ2v) is 7.08. The highest BCUT2D eigenvalue weighted by Crippen LogP contribution is 2.29. The fourth-order valence-corrected chi connectivity index (χ4v) is 3.89. The summed E-state index contributed by atoms with van der Waals surface area (Å²) in [7, 11) is 1.65. The average molecular weight is 364 g/mol. The maximum atomic E-state index is 13.0. The molecule has 1 aliphatic heterocycles. The van der Waals surface area contributed by atoms with Crippen LogP contribution in [0.2, 0.25) is 0 Å². The van der Waals surface area contributed by atoms with Gasteiger partial charge in [-0.05, 0) is 36.8 Å². The van der Waals surface area contributed by atoms with Crippen LogP contribution in [0.3, 0.4) is 0 Å². The van der Waals surface area contributed by atoms with E-state index < -0.39 is 0 Å². The number of hydrogen-bond acceptors (Lipinski definition) is 4. The second kappa shape index (κ2) is 7.04. The molecule has 4 rings (SSSR count). The van der Waals surface area contributed by atoms with Crippen LogP contribution in [-0.2, 0) is 11.3 Å². The summed E-state index contributed by atoms with van der Waals surface area (Å²) in [6.07, 6.45) is 0. The summed E-state index contributed by atoms with van der Waals surface area (Å²) in [5.74, 6) is 1.84. The Morgan fingerprint density at radius 2 is 2.04 bits per heavy atom. The summed E-state index contributed by atoms with van der Waals surface area (Å²) in [6, 6.07) is 15.7. The third-order valence-electron chi connectivity index (χ3n) is 5.38. The molecule has 140 valence electrons. The number of imidazole rings is 1. The molecule has 6 heteroatoms. The summed E-state index contributed by atoms with van der Waals surface area (Å²) in [5.41, 5.74) is 9.38. The number of fused-ring (bicyclic) bond motifs is 1. The van der Waals surface area contributed by atoms with E-state index in [-0.39, 0.29) is 24.4 Å². The lowest BCUT2D eigenvalue weighted by Crippen LogP contribution is -2.34. The quantitative estimate of drug-likeness (QED) is 0.771. The first-order valence-electron chi connectivity index (χ1n) is 9.16. The lowest BCUT2D eigenvalue weighted by Gasteiger charge is -2.18. The lowest BCUT2D eigenvalue weighted by atomic mass is 9.95. The molecule has 6 nitrogen and oxygen atoms in total. The largest absolute Gasteiger partial charge is 0.497 e. The lowest BCUT2D eigenvalue weighted by molar-refractivity contribution is -0.130. The minimum Gasteiger partial charge on any atom is -0.497 e. The Bertz CT molecular complexity index is 981. The minimum atomic E-state index is -0.0818. The van der Waals surface area contributed by atoms with Gasteiger partial charge in [0, 0.05) is 25.0 Å². The minimum absolute atomic E-state index is 0.0714. The molecule has 0 aliphatic carbocycles. The van der Waals surface area contributed by atoms with Gasteiger partial charge in [-0.3, -0.25) is 4.79 Å². The third kappa shape index (κ3) is 3.28. The van der Waals surface area contributed by atoms with E-state index in [1.54, 1.807) is 7.11 Å². The van der Waals surface area contributed by atoms with Crippen LogP contribution in [0.4, 0.5) is 0 Å². The number of benzene rings is 2. The van der Waals surface area contributed by atoms with Crippen LogP contribution < -0.4 is 10.5 Å². The number of amides is 1. The summed E-state index contributed by atoms with van der Waals surface area (Å²) < 4.78 is 7.29. The Hall–Kier alpha value is -2.86. The molecule has 1 aliphatic rings. The third-order valence-corrected chi connectivity index (χ3v) is 5.38. The van der Waals surface area contributed by atoms with Crippen molar-refractivity contribution < 1.29 is 9.53 Å². The number of para-hydroxylation sites is 2. The zero-order valence-corrected chi connectivity index (χ0v) is 15.6. The second-order valence-electron chi connectivity index (χ2n) is 7.08. The normalized spacial score (nSPS) is 19.6. The van der Waals surface area contributed by atoms with Gasteiger partial charge in [0.05, 0.1) is 18.1 Å². The van der Waals surface area contributed by atoms with Gasteiger partial charge in [0.25, 0.3) is 0 Å². The maximum absolute atomic E-state index is 13.0. The van der Waals surface area contributed by atoms with Crippen LogP contribution in [0.1, 0.15) is 17.3 Å². The Morgan fingerprint density at radius 3 is 2.85 bits per heavy atom. The van der Waals surface area contributed by atoms with Crippen LogP contribution >= 0.6 is 0 Å². The molecule has 27 heavy (non-hydrogen) atoms. The fourth-order valence-electron chi connectivity index (χ4n) is 3.89. The first-order chi connectivity index (χ1) is 13.1. The summed E-state index contributed by atoms with van der Waals surface area (Å²) in [4.78, 5) is 19.4. The Labute approximate surface area is 158 Å². The SMILES string of the molecule is COc1cccc([C@H]2CN(C(=O)Cn3c(C)nc4ccccc43)C[C@@H]2N)c1. The number of aromatic nitrogens is 2. The average Bonchev–Trinajstić information content (AvgIpc) is 3.22. The molecule has 2 atom stereocenters. The van der Waals surface area contributed by atoms with E-state index in [1.807, 2.05) is 58.9 Å². The molecule has 0 spiro atoms. The predicted molar refractivity (Wildman–Crippen MR) is 105 cm³/mol. The van der Waals surface area contributed by atoms with Gasteiger partial charge in [-0.1, -0.05) is 24.3 Å². The number of hydrogen-bond donors (Lipinski definition) is 1. The van der Waals surface area contributed by atoms with Gasteiger partial charge in [-0.15, -0.1) is 0 Å². The Morgan fingerprint density at radius 1 is 1.22 bits per heavy atom. The number of nitrogens with two attached hydrogens (primary N) is 1. The van der Waals surface area contributed by atoms with Crippen molar-refractivity contribution in [2.75, 3.05) is 20.2 Å². The van der Waals surface area contributed by atoms with E-state index in [0.717, 1.165) is 28.2 Å². The van der Waals surface area contributed by atoms with Gasteiger partial charge in [0.15, 0.2) is 0 Å². The number of aryl methyl sites for hydroxylation is 1. The highest BCUT2D eigenvalue weighted by molar-refractivity contribution is 5.81. The van der Waals surface area contributed by atoms with E-state index in [2.05, 4.69) is 11.1 Å². The molecule has 2 N–H and O–H groups in total. The van der Waals surface area contributed by atoms with Crippen molar-refractivity contribution in [1.29, 1.82) is 0 Å². The highest BCUT2D eigenvalue weighted by Gasteiger charge is 2.34. The predicted octanol–water partition coefficient (Wildman–Crippen LogP) is 2.31. The number of ether oxygens (including phenoxy) is 1. The molecule has 3 aromatic rings. The molecule has 2 aromatic carbocycles. The molecule has 0 radical (unpaired) electrons. The number of rotatable bonds is 4. The van der Waals surface area contributed by atoms with Gasteiger partial charge < -0.3 is 19.9 Å². The Balaban J connectivity index is 1.52. The van der Waals surface area contributed by atoms with E-state index >= 15 is 0 Å². The molecule has 0 saturated carbocycles. The molecule has 2 heterocycles. The van der Waals surface area contributed by atoms with Crippen molar-refractivity contribution in [3.05, 3.63) is 59.9 Å². The van der Waals surface area contributed by atoms with Gasteiger partial charge in [-0.25, -0.2) is 4.98 Å². The van der Waals surface area contributed by atoms with E-state index in [9.17, 15) is 4.79 Å². The van der Waals surface area contributed by atoms with Gasteiger partial charge in [-0.2, -0.15) is 0 Å². The molecule has 0 unspecified atom stereocenters. The van der Waals surface area contributed by atoms with Crippen LogP contribution in [-0.4, -0.2) is 46.6 Å². The molecular weight excluding hydrogens is 340 g/mol. The summed E-state index contributed by atoms with van der Waals surface area (Å²) in [5, 5.41) is 0. The van der Waals surface area contributed by atoms with Crippen LogP contribution in [0.5, 0.6) is 5.75 Å². The van der Waals surface area contributed by atoms with Crippen molar-refractivity contribution in [2.45, 2.75) is 25.4 Å². The monoisotopic (exact) mass is 364 g/mol.